The van der Waals surface area contributed by atoms with Gasteiger partial charge < -0.3 is 15.0 Å². The highest BCUT2D eigenvalue weighted by Crippen LogP contribution is 2.40. The SMILES string of the molecule is COC(=O)c1c(-c2ccc(Br)cc2)csc1NC(=O)C1CSC(C)(C)N1C=O. The molecule has 28 heavy (non-hydrogen) atoms. The number of esters is 1. The molecule has 148 valence electrons. The number of thiophene rings is 1. The number of nitrogens with one attached hydrogen (secondary N) is 1. The molecule has 3 rings (SSSR count). The molecule has 1 unspecified atom stereocenters. The van der Waals surface area contributed by atoms with Crippen molar-refractivity contribution >= 4 is 62.3 Å². The average molecular weight is 483 g/mol. The van der Waals surface area contributed by atoms with E-state index in [0.717, 1.165) is 10.0 Å². The molecular weight excluding hydrogens is 464 g/mol. The molecule has 0 bridgehead atoms. The fourth-order valence-corrected chi connectivity index (χ4v) is 5.43. The first kappa shape index (κ1) is 20.9. The first-order valence-electron chi connectivity index (χ1n) is 8.42. The van der Waals surface area contributed by atoms with Crippen molar-refractivity contribution in [2.75, 3.05) is 18.2 Å². The number of amides is 2. The maximum atomic E-state index is 12.8. The number of ether oxygens (including phenoxy) is 1. The number of hydrogen-bond donors (Lipinski definition) is 1. The highest BCUT2D eigenvalue weighted by Gasteiger charge is 2.43. The molecule has 1 fully saturated rings. The van der Waals surface area contributed by atoms with Crippen LogP contribution in [0.5, 0.6) is 0 Å². The number of carbonyl (C=O) groups is 3. The van der Waals surface area contributed by atoms with Crippen molar-refractivity contribution in [3.8, 4) is 11.1 Å². The highest BCUT2D eigenvalue weighted by atomic mass is 79.9. The smallest absolute Gasteiger partial charge is 0.341 e. The third-order valence-corrected chi connectivity index (χ3v) is 7.36. The average Bonchev–Trinajstić information content (AvgIpc) is 3.21. The van der Waals surface area contributed by atoms with Gasteiger partial charge in [0.1, 0.15) is 16.6 Å². The normalized spacial score (nSPS) is 18.0. The molecule has 1 saturated heterocycles. The van der Waals surface area contributed by atoms with Gasteiger partial charge in [-0.25, -0.2) is 4.79 Å². The predicted octanol–water partition coefficient (Wildman–Crippen LogP) is 4.21. The Morgan fingerprint density at radius 2 is 2.00 bits per heavy atom. The van der Waals surface area contributed by atoms with Crippen LogP contribution >= 0.6 is 39.0 Å². The number of thioether (sulfide) groups is 1. The number of carbonyl (C=O) groups excluding carboxylic acids is 3. The van der Waals surface area contributed by atoms with Crippen molar-refractivity contribution in [2.45, 2.75) is 24.8 Å². The fourth-order valence-electron chi connectivity index (χ4n) is 3.01. The Hall–Kier alpha value is -1.84. The maximum absolute atomic E-state index is 12.8. The van der Waals surface area contributed by atoms with Crippen LogP contribution in [0.1, 0.15) is 24.2 Å². The van der Waals surface area contributed by atoms with Gasteiger partial charge in [-0.15, -0.1) is 23.1 Å². The Morgan fingerprint density at radius 3 is 2.61 bits per heavy atom. The summed E-state index contributed by atoms with van der Waals surface area (Å²) in [6.07, 6.45) is 0.702. The van der Waals surface area contributed by atoms with Crippen LogP contribution in [0.25, 0.3) is 11.1 Å². The van der Waals surface area contributed by atoms with Crippen LogP contribution < -0.4 is 5.32 Å². The molecule has 6 nitrogen and oxygen atoms in total. The van der Waals surface area contributed by atoms with Crippen LogP contribution in [0.3, 0.4) is 0 Å². The Labute approximate surface area is 179 Å². The lowest BCUT2D eigenvalue weighted by Crippen LogP contribution is -2.47. The van der Waals surface area contributed by atoms with Crippen LogP contribution in [0.15, 0.2) is 34.1 Å². The van der Waals surface area contributed by atoms with Crippen LogP contribution in [-0.4, -0.2) is 47.0 Å². The maximum Gasteiger partial charge on any atom is 0.341 e. The monoisotopic (exact) mass is 482 g/mol. The molecule has 2 amide bonds. The highest BCUT2D eigenvalue weighted by molar-refractivity contribution is 9.10. The quantitative estimate of drug-likeness (QED) is 0.510. The van der Waals surface area contributed by atoms with E-state index in [0.29, 0.717) is 28.3 Å². The molecule has 0 radical (unpaired) electrons. The van der Waals surface area contributed by atoms with Gasteiger partial charge in [0, 0.05) is 21.2 Å². The minimum absolute atomic E-state index is 0.311. The third-order valence-electron chi connectivity index (χ3n) is 4.54. The molecule has 1 aliphatic heterocycles. The molecule has 1 atom stereocenters. The lowest BCUT2D eigenvalue weighted by atomic mass is 10.0. The minimum Gasteiger partial charge on any atom is -0.465 e. The van der Waals surface area contributed by atoms with Gasteiger partial charge in [0.05, 0.1) is 12.0 Å². The van der Waals surface area contributed by atoms with Crippen molar-refractivity contribution in [3.63, 3.8) is 0 Å². The second-order valence-corrected chi connectivity index (χ2v) is 10.0. The largest absolute Gasteiger partial charge is 0.465 e. The first-order chi connectivity index (χ1) is 13.3. The molecule has 1 aromatic carbocycles. The molecule has 1 N–H and O–H groups in total. The molecule has 0 saturated carbocycles. The summed E-state index contributed by atoms with van der Waals surface area (Å²) >= 11 is 6.19. The molecule has 2 aromatic rings. The lowest BCUT2D eigenvalue weighted by Gasteiger charge is -2.30. The topological polar surface area (TPSA) is 75.7 Å². The van der Waals surface area contributed by atoms with Gasteiger partial charge in [0.25, 0.3) is 0 Å². The van der Waals surface area contributed by atoms with Gasteiger partial charge in [-0.05, 0) is 31.5 Å². The zero-order valence-corrected chi connectivity index (χ0v) is 18.7. The van der Waals surface area contributed by atoms with Gasteiger partial charge in [-0.3, -0.25) is 9.59 Å². The zero-order chi connectivity index (χ0) is 20.5. The van der Waals surface area contributed by atoms with Crippen LogP contribution in [-0.2, 0) is 14.3 Å². The second kappa shape index (κ2) is 8.26. The van der Waals surface area contributed by atoms with E-state index in [-0.39, 0.29) is 5.91 Å². The number of halogens is 1. The number of anilines is 1. The molecule has 9 heteroatoms. The van der Waals surface area contributed by atoms with Crippen molar-refractivity contribution in [1.82, 2.24) is 4.90 Å². The third kappa shape index (κ3) is 3.97. The molecular formula is C19H19BrN2O4S2. The van der Waals surface area contributed by atoms with E-state index < -0.39 is 16.9 Å². The summed E-state index contributed by atoms with van der Waals surface area (Å²) < 4.78 is 5.87. The Kier molecular flexibility index (Phi) is 6.16. The summed E-state index contributed by atoms with van der Waals surface area (Å²) in [5.41, 5.74) is 1.84. The summed E-state index contributed by atoms with van der Waals surface area (Å²) in [5, 5.41) is 5.05. The van der Waals surface area contributed by atoms with E-state index in [1.165, 1.54) is 35.1 Å². The summed E-state index contributed by atoms with van der Waals surface area (Å²) in [6.45, 7) is 3.80. The fraction of sp³-hybridized carbons (Fsp3) is 0.316. The number of benzene rings is 1. The van der Waals surface area contributed by atoms with Crippen LogP contribution in [0.4, 0.5) is 5.00 Å². The van der Waals surface area contributed by atoms with Crippen LogP contribution in [0, 0.1) is 0 Å². The van der Waals surface area contributed by atoms with Crippen molar-refractivity contribution < 1.29 is 19.1 Å². The molecule has 0 spiro atoms. The van der Waals surface area contributed by atoms with Crippen molar-refractivity contribution in [3.05, 3.63) is 39.7 Å². The standard InChI is InChI=1S/C19H19BrN2O4S2/c1-19(2)22(10-23)14(9-28-19)16(24)21-17-15(18(25)26-3)13(8-27-17)11-4-6-12(20)7-5-11/h4-8,10,14H,9H2,1-3H3,(H,21,24). The number of nitrogens with zero attached hydrogens (tertiary/aromatic N) is 1. The summed E-state index contributed by atoms with van der Waals surface area (Å²) in [7, 11) is 1.31. The molecule has 0 aliphatic carbocycles. The number of hydrogen-bond acceptors (Lipinski definition) is 6. The first-order valence-corrected chi connectivity index (χ1v) is 11.1. The van der Waals surface area contributed by atoms with E-state index in [1.807, 2.05) is 43.5 Å². The van der Waals surface area contributed by atoms with E-state index in [1.54, 1.807) is 0 Å². The van der Waals surface area contributed by atoms with Gasteiger partial charge >= 0.3 is 5.97 Å². The summed E-state index contributed by atoms with van der Waals surface area (Å²) in [4.78, 5) is 37.8. The van der Waals surface area contributed by atoms with Gasteiger partial charge in [-0.2, -0.15) is 0 Å². The van der Waals surface area contributed by atoms with Gasteiger partial charge in [0.15, 0.2) is 0 Å². The Morgan fingerprint density at radius 1 is 1.32 bits per heavy atom. The minimum atomic E-state index is -0.596. The molecule has 1 aliphatic rings. The van der Waals surface area contributed by atoms with Crippen LogP contribution in [0.2, 0.25) is 0 Å². The predicted molar refractivity (Wildman–Crippen MR) is 116 cm³/mol. The Bertz CT molecular complexity index is 911. The van der Waals surface area contributed by atoms with Crippen molar-refractivity contribution in [1.29, 1.82) is 0 Å². The molecule has 2 heterocycles. The summed E-state index contributed by atoms with van der Waals surface area (Å²) in [5.74, 6) is -0.349. The lowest BCUT2D eigenvalue weighted by molar-refractivity contribution is -0.130. The molecule has 1 aromatic heterocycles. The van der Waals surface area contributed by atoms with E-state index in [9.17, 15) is 14.4 Å². The van der Waals surface area contributed by atoms with E-state index in [2.05, 4.69) is 21.2 Å². The van der Waals surface area contributed by atoms with Gasteiger partial charge in [-0.1, -0.05) is 28.1 Å². The van der Waals surface area contributed by atoms with Gasteiger partial charge in [0.2, 0.25) is 12.3 Å². The summed E-state index contributed by atoms with van der Waals surface area (Å²) in [6, 6.07) is 6.93. The second-order valence-electron chi connectivity index (χ2n) is 6.63. The number of methoxy groups -OCH3 is 1. The number of rotatable bonds is 5. The van der Waals surface area contributed by atoms with E-state index >= 15 is 0 Å². The van der Waals surface area contributed by atoms with Crippen molar-refractivity contribution in [2.24, 2.45) is 0 Å². The van der Waals surface area contributed by atoms with E-state index in [4.69, 9.17) is 4.74 Å². The zero-order valence-electron chi connectivity index (χ0n) is 15.5. The Balaban J connectivity index is 1.92.